The van der Waals surface area contributed by atoms with Crippen LogP contribution in [-0.2, 0) is 4.79 Å². The van der Waals surface area contributed by atoms with Gasteiger partial charge >= 0.3 is 0 Å². The summed E-state index contributed by atoms with van der Waals surface area (Å²) >= 11 is 23.7. The lowest BCUT2D eigenvalue weighted by molar-refractivity contribution is -0.121. The van der Waals surface area contributed by atoms with Crippen molar-refractivity contribution in [2.45, 2.75) is 55.4 Å². The van der Waals surface area contributed by atoms with Crippen LogP contribution in [0.25, 0.3) is 0 Å². The Morgan fingerprint density at radius 1 is 1.09 bits per heavy atom. The third kappa shape index (κ3) is 8.90. The highest BCUT2D eigenvalue weighted by atomic mass is 35.6. The normalized spacial score (nSPS) is 12.7. The van der Waals surface area contributed by atoms with E-state index in [9.17, 15) is 4.79 Å². The number of hydrogen-bond acceptors (Lipinski definition) is 2. The van der Waals surface area contributed by atoms with Gasteiger partial charge in [-0.15, -0.1) is 0 Å². The summed E-state index contributed by atoms with van der Waals surface area (Å²) < 4.78 is -1.67. The third-order valence-electron chi connectivity index (χ3n) is 3.30. The number of alkyl halides is 3. The zero-order valence-corrected chi connectivity index (χ0v) is 16.1. The third-order valence-corrected chi connectivity index (χ3v) is 4.20. The van der Waals surface area contributed by atoms with Crippen molar-refractivity contribution < 1.29 is 4.79 Å². The van der Waals surface area contributed by atoms with Crippen LogP contribution in [0.15, 0.2) is 24.3 Å². The first-order valence-corrected chi connectivity index (χ1v) is 9.22. The molecule has 130 valence electrons. The first-order valence-electron chi connectivity index (χ1n) is 7.71. The van der Waals surface area contributed by atoms with Crippen LogP contribution in [0.5, 0.6) is 0 Å². The number of amides is 1. The molecule has 0 aliphatic heterocycles. The van der Waals surface area contributed by atoms with Gasteiger partial charge in [-0.05, 0) is 30.7 Å². The van der Waals surface area contributed by atoms with Gasteiger partial charge < -0.3 is 10.6 Å². The summed E-state index contributed by atoms with van der Waals surface area (Å²) in [7, 11) is 0. The van der Waals surface area contributed by atoms with Crippen molar-refractivity contribution in [1.82, 2.24) is 5.32 Å². The van der Waals surface area contributed by atoms with Gasteiger partial charge in [0.15, 0.2) is 0 Å². The maximum atomic E-state index is 12.0. The fourth-order valence-corrected chi connectivity index (χ4v) is 2.49. The smallest absolute Gasteiger partial charge is 0.228 e. The van der Waals surface area contributed by atoms with Crippen molar-refractivity contribution in [3.8, 4) is 0 Å². The van der Waals surface area contributed by atoms with E-state index in [4.69, 9.17) is 46.4 Å². The van der Waals surface area contributed by atoms with Gasteiger partial charge in [0.2, 0.25) is 9.70 Å². The minimum absolute atomic E-state index is 0.140. The molecule has 23 heavy (non-hydrogen) atoms. The Labute approximate surface area is 158 Å². The van der Waals surface area contributed by atoms with E-state index in [0.717, 1.165) is 19.3 Å². The van der Waals surface area contributed by atoms with Crippen molar-refractivity contribution in [1.29, 1.82) is 0 Å². The average molecular weight is 400 g/mol. The predicted molar refractivity (Wildman–Crippen MR) is 101 cm³/mol. The van der Waals surface area contributed by atoms with Crippen molar-refractivity contribution in [2.24, 2.45) is 0 Å². The van der Waals surface area contributed by atoms with Gasteiger partial charge in [0, 0.05) is 17.1 Å². The largest absolute Gasteiger partial charge is 0.362 e. The van der Waals surface area contributed by atoms with Crippen LogP contribution in [0.1, 0.15) is 45.4 Å². The average Bonchev–Trinajstić information content (AvgIpc) is 2.47. The number of hydrogen-bond donors (Lipinski definition) is 2. The van der Waals surface area contributed by atoms with E-state index >= 15 is 0 Å². The zero-order valence-electron chi connectivity index (χ0n) is 13.0. The van der Waals surface area contributed by atoms with Gasteiger partial charge in [-0.1, -0.05) is 79.0 Å². The molecule has 0 fully saturated rings. The molecule has 0 bridgehead atoms. The Hall–Kier alpha value is -0.350. The molecule has 0 spiro atoms. The Morgan fingerprint density at radius 3 is 2.26 bits per heavy atom. The first kappa shape index (κ1) is 20.7. The fraction of sp³-hybridized carbons (Fsp3) is 0.562. The van der Waals surface area contributed by atoms with E-state index in [-0.39, 0.29) is 5.91 Å². The highest BCUT2D eigenvalue weighted by Crippen LogP contribution is 2.31. The number of unbranched alkanes of at least 4 members (excludes halogenated alkanes) is 4. The quantitative estimate of drug-likeness (QED) is 0.307. The van der Waals surface area contributed by atoms with Crippen LogP contribution in [0.3, 0.4) is 0 Å². The lowest BCUT2D eigenvalue weighted by Crippen LogP contribution is -2.49. The highest BCUT2D eigenvalue weighted by molar-refractivity contribution is 6.68. The molecule has 0 heterocycles. The summed E-state index contributed by atoms with van der Waals surface area (Å²) in [6.07, 6.45) is 4.97. The van der Waals surface area contributed by atoms with Crippen LogP contribution in [0.2, 0.25) is 5.02 Å². The molecule has 2 N–H and O–H groups in total. The molecule has 1 aromatic rings. The van der Waals surface area contributed by atoms with E-state index in [0.29, 0.717) is 17.1 Å². The van der Waals surface area contributed by atoms with Gasteiger partial charge in [0.1, 0.15) is 6.17 Å². The maximum Gasteiger partial charge on any atom is 0.228 e. The molecule has 0 aliphatic rings. The molecule has 0 radical (unpaired) electrons. The molecule has 0 aromatic heterocycles. The summed E-state index contributed by atoms with van der Waals surface area (Å²) in [5, 5.41) is 6.34. The predicted octanol–water partition coefficient (Wildman–Crippen LogP) is 5.92. The van der Waals surface area contributed by atoms with Gasteiger partial charge in [-0.2, -0.15) is 0 Å². The molecule has 1 aromatic carbocycles. The topological polar surface area (TPSA) is 41.1 Å². The molecule has 3 nitrogen and oxygen atoms in total. The molecular formula is C16H22Cl4N2O. The number of carbonyl (C=O) groups is 1. The number of nitrogens with one attached hydrogen (secondary N) is 2. The maximum absolute atomic E-state index is 12.0. The molecule has 1 atom stereocenters. The Bertz CT molecular complexity index is 474. The van der Waals surface area contributed by atoms with E-state index in [1.807, 2.05) is 0 Å². The number of halogens is 4. The Morgan fingerprint density at radius 2 is 1.70 bits per heavy atom. The number of rotatable bonds is 9. The van der Waals surface area contributed by atoms with Crippen LogP contribution >= 0.6 is 46.4 Å². The van der Waals surface area contributed by atoms with Crippen molar-refractivity contribution in [3.63, 3.8) is 0 Å². The van der Waals surface area contributed by atoms with Crippen LogP contribution in [0, 0.1) is 0 Å². The van der Waals surface area contributed by atoms with Gasteiger partial charge in [-0.25, -0.2) is 0 Å². The minimum atomic E-state index is -1.67. The van der Waals surface area contributed by atoms with E-state index in [1.165, 1.54) is 12.8 Å². The standard InChI is InChI=1S/C16H22Cl4N2O/c1-2-3-4-5-6-7-14(23)22-15(16(18,19)20)21-13-10-8-12(17)9-11-13/h8-11,15,21H,2-7H2,1H3,(H,22,23)/t15-/m0/s1. The summed E-state index contributed by atoms with van der Waals surface area (Å²) in [5.74, 6) is -0.140. The number of anilines is 1. The fourth-order valence-electron chi connectivity index (χ4n) is 2.03. The van der Waals surface area contributed by atoms with Gasteiger partial charge in [0.25, 0.3) is 0 Å². The van der Waals surface area contributed by atoms with Crippen LogP contribution in [0.4, 0.5) is 5.69 Å². The van der Waals surface area contributed by atoms with Gasteiger partial charge in [-0.3, -0.25) is 4.79 Å². The highest BCUT2D eigenvalue weighted by Gasteiger charge is 2.33. The van der Waals surface area contributed by atoms with Crippen LogP contribution < -0.4 is 10.6 Å². The molecular weight excluding hydrogens is 378 g/mol. The molecule has 0 saturated heterocycles. The van der Waals surface area contributed by atoms with Crippen molar-refractivity contribution in [3.05, 3.63) is 29.3 Å². The zero-order chi connectivity index (χ0) is 17.3. The van der Waals surface area contributed by atoms with E-state index < -0.39 is 9.96 Å². The minimum Gasteiger partial charge on any atom is -0.362 e. The first-order chi connectivity index (χ1) is 10.8. The van der Waals surface area contributed by atoms with Crippen LogP contribution in [-0.4, -0.2) is 15.9 Å². The second-order valence-corrected chi connectivity index (χ2v) is 8.16. The second kappa shape index (κ2) is 10.5. The SMILES string of the molecule is CCCCCCCC(=O)N[C@H](Nc1ccc(Cl)cc1)C(Cl)(Cl)Cl. The second-order valence-electron chi connectivity index (χ2n) is 5.36. The van der Waals surface area contributed by atoms with Crippen molar-refractivity contribution in [2.75, 3.05) is 5.32 Å². The van der Waals surface area contributed by atoms with Crippen molar-refractivity contribution >= 4 is 58.0 Å². The molecule has 0 unspecified atom stereocenters. The van der Waals surface area contributed by atoms with E-state index in [2.05, 4.69) is 17.6 Å². The summed E-state index contributed by atoms with van der Waals surface area (Å²) in [6, 6.07) is 6.94. The lowest BCUT2D eigenvalue weighted by atomic mass is 10.1. The monoisotopic (exact) mass is 398 g/mol. The molecule has 1 rings (SSSR count). The van der Waals surface area contributed by atoms with E-state index in [1.54, 1.807) is 24.3 Å². The molecule has 1 amide bonds. The molecule has 0 aliphatic carbocycles. The summed E-state index contributed by atoms with van der Waals surface area (Å²) in [6.45, 7) is 2.15. The number of carbonyl (C=O) groups excluding carboxylic acids is 1. The van der Waals surface area contributed by atoms with Gasteiger partial charge in [0.05, 0.1) is 0 Å². The molecule has 7 heteroatoms. The molecule has 0 saturated carbocycles. The Kier molecular flexibility index (Phi) is 9.45. The number of benzene rings is 1. The summed E-state index contributed by atoms with van der Waals surface area (Å²) in [5.41, 5.74) is 0.703. The summed E-state index contributed by atoms with van der Waals surface area (Å²) in [4.78, 5) is 12.0. The Balaban J connectivity index is 2.51. The lowest BCUT2D eigenvalue weighted by Gasteiger charge is -2.27.